The number of hydrogen-bond donors (Lipinski definition) is 1. The Bertz CT molecular complexity index is 401. The smallest absolute Gasteiger partial charge is 0.303 e. The van der Waals surface area contributed by atoms with Crippen LogP contribution >= 0.6 is 0 Å². The van der Waals surface area contributed by atoms with Gasteiger partial charge in [0.25, 0.3) is 0 Å². The topological polar surface area (TPSA) is 46.5 Å². The molecule has 0 aliphatic heterocycles. The Morgan fingerprint density at radius 3 is 1.90 bits per heavy atom. The molecule has 1 atom stereocenters. The summed E-state index contributed by atoms with van der Waals surface area (Å²) in [5, 5.41) is 8.61. The summed E-state index contributed by atoms with van der Waals surface area (Å²) in [6, 6.07) is 0. The van der Waals surface area contributed by atoms with Crippen molar-refractivity contribution < 1.29 is 14.3 Å². The van der Waals surface area contributed by atoms with Crippen LogP contribution < -0.4 is 0 Å². The molecule has 0 spiro atoms. The number of aliphatic carboxylic acids is 1. The predicted molar refractivity (Wildman–Crippen MR) is 129 cm³/mol. The summed E-state index contributed by atoms with van der Waals surface area (Å²) in [7, 11) is -1.48. The van der Waals surface area contributed by atoms with Gasteiger partial charge < -0.3 is 9.53 Å². The number of carboxylic acids is 1. The van der Waals surface area contributed by atoms with Crippen LogP contribution in [-0.4, -0.2) is 25.5 Å². The first-order valence-electron chi connectivity index (χ1n) is 12.4. The molecule has 172 valence electrons. The Morgan fingerprint density at radius 2 is 1.34 bits per heavy atom. The van der Waals surface area contributed by atoms with E-state index >= 15 is 0 Å². The van der Waals surface area contributed by atoms with Crippen LogP contribution in [0.3, 0.4) is 0 Å². The molecule has 0 rings (SSSR count). The van der Waals surface area contributed by atoms with Crippen LogP contribution in [0.25, 0.3) is 0 Å². The fourth-order valence-corrected chi connectivity index (χ4v) is 4.73. The van der Waals surface area contributed by atoms with Crippen LogP contribution in [0.2, 0.25) is 19.6 Å². The monoisotopic (exact) mass is 426 g/mol. The van der Waals surface area contributed by atoms with E-state index in [9.17, 15) is 4.79 Å². The van der Waals surface area contributed by atoms with Gasteiger partial charge in [-0.25, -0.2) is 0 Å². The van der Waals surface area contributed by atoms with E-state index in [2.05, 4.69) is 38.7 Å². The Labute approximate surface area is 182 Å². The number of carboxylic acid groups (broad SMARTS) is 1. The first-order valence-corrected chi connectivity index (χ1v) is 15.8. The molecule has 0 aromatic heterocycles. The van der Waals surface area contributed by atoms with E-state index < -0.39 is 14.3 Å². The molecule has 4 heteroatoms. The molecule has 0 radical (unpaired) electrons. The second-order valence-corrected chi connectivity index (χ2v) is 14.0. The quantitative estimate of drug-likeness (QED) is 0.114. The fraction of sp³-hybridized carbons (Fsp3) is 0.880. The highest BCUT2D eigenvalue weighted by atomic mass is 28.4. The third kappa shape index (κ3) is 23.5. The number of carbonyl (C=O) groups is 1. The maximum atomic E-state index is 10.5. The van der Waals surface area contributed by atoms with Crippen molar-refractivity contribution in [3.63, 3.8) is 0 Å². The maximum Gasteiger partial charge on any atom is 0.303 e. The predicted octanol–water partition coefficient (Wildman–Crippen LogP) is 8.50. The van der Waals surface area contributed by atoms with Gasteiger partial charge in [0.05, 0.1) is 6.10 Å². The van der Waals surface area contributed by atoms with Crippen molar-refractivity contribution in [2.24, 2.45) is 0 Å². The average Bonchev–Trinajstić information content (AvgIpc) is 2.63. The van der Waals surface area contributed by atoms with Crippen molar-refractivity contribution in [3.8, 4) is 0 Å². The Balaban J connectivity index is 3.72. The first kappa shape index (κ1) is 28.4. The number of unbranched alkanes of at least 4 members (excludes halogenated alkanes) is 13. The van der Waals surface area contributed by atoms with Crippen LogP contribution in [0.4, 0.5) is 0 Å². The van der Waals surface area contributed by atoms with E-state index in [4.69, 9.17) is 9.53 Å². The van der Waals surface area contributed by atoms with Crippen LogP contribution in [0, 0.1) is 0 Å². The second kappa shape index (κ2) is 19.4. The normalized spacial score (nSPS) is 13.2. The van der Waals surface area contributed by atoms with Gasteiger partial charge in [0.2, 0.25) is 0 Å². The standard InChI is InChI=1S/C25H50O3Si/c1-5-6-7-15-18-21-24(28-29(2,3)4)22-19-16-13-11-9-8-10-12-14-17-20-23-25(26)27/h19,22,24H,5-18,20-21,23H2,1-4H3,(H,26,27)/b22-19+. The number of allylic oxidation sites excluding steroid dienone is 1. The molecule has 0 heterocycles. The molecule has 0 amide bonds. The van der Waals surface area contributed by atoms with Gasteiger partial charge in [-0.05, 0) is 45.3 Å². The van der Waals surface area contributed by atoms with Gasteiger partial charge in [-0.3, -0.25) is 4.79 Å². The van der Waals surface area contributed by atoms with E-state index in [1.807, 2.05) is 0 Å². The highest BCUT2D eigenvalue weighted by Crippen LogP contribution is 2.17. The number of hydrogen-bond acceptors (Lipinski definition) is 2. The van der Waals surface area contributed by atoms with Crippen LogP contribution in [0.15, 0.2) is 12.2 Å². The first-order chi connectivity index (χ1) is 13.8. The molecule has 0 saturated carbocycles. The molecule has 0 bridgehead atoms. The molecule has 0 aromatic rings. The molecule has 1 unspecified atom stereocenters. The zero-order chi connectivity index (χ0) is 21.8. The van der Waals surface area contributed by atoms with Gasteiger partial charge in [0, 0.05) is 6.42 Å². The van der Waals surface area contributed by atoms with E-state index in [0.29, 0.717) is 12.5 Å². The van der Waals surface area contributed by atoms with Crippen molar-refractivity contribution in [2.75, 3.05) is 0 Å². The molecule has 0 aliphatic rings. The van der Waals surface area contributed by atoms with E-state index in [-0.39, 0.29) is 0 Å². The van der Waals surface area contributed by atoms with Gasteiger partial charge in [-0.1, -0.05) is 96.1 Å². The van der Waals surface area contributed by atoms with E-state index in [1.54, 1.807) is 0 Å². The molecule has 29 heavy (non-hydrogen) atoms. The molecule has 1 N–H and O–H groups in total. The summed E-state index contributed by atoms with van der Waals surface area (Å²) in [6.45, 7) is 9.14. The van der Waals surface area contributed by atoms with Crippen molar-refractivity contribution in [1.29, 1.82) is 0 Å². The minimum atomic E-state index is -1.48. The molecular weight excluding hydrogens is 376 g/mol. The van der Waals surface area contributed by atoms with E-state index in [1.165, 1.54) is 89.9 Å². The Morgan fingerprint density at radius 1 is 0.828 bits per heavy atom. The highest BCUT2D eigenvalue weighted by molar-refractivity contribution is 6.69. The largest absolute Gasteiger partial charge is 0.481 e. The van der Waals surface area contributed by atoms with Gasteiger partial charge in [-0.15, -0.1) is 0 Å². The van der Waals surface area contributed by atoms with Gasteiger partial charge in [0.1, 0.15) is 0 Å². The van der Waals surface area contributed by atoms with Crippen molar-refractivity contribution in [2.45, 2.75) is 142 Å². The van der Waals surface area contributed by atoms with Gasteiger partial charge >= 0.3 is 5.97 Å². The second-order valence-electron chi connectivity index (χ2n) is 9.51. The Kier molecular flexibility index (Phi) is 18.9. The maximum absolute atomic E-state index is 10.5. The minimum absolute atomic E-state index is 0.324. The Hall–Kier alpha value is -0.613. The highest BCUT2D eigenvalue weighted by Gasteiger charge is 2.19. The summed E-state index contributed by atoms with van der Waals surface area (Å²) in [6.07, 6.45) is 25.3. The molecule has 0 fully saturated rings. The van der Waals surface area contributed by atoms with Crippen LogP contribution in [-0.2, 0) is 9.22 Å². The van der Waals surface area contributed by atoms with Crippen molar-refractivity contribution in [3.05, 3.63) is 12.2 Å². The van der Waals surface area contributed by atoms with Crippen molar-refractivity contribution >= 4 is 14.3 Å². The third-order valence-corrected chi connectivity index (χ3v) is 6.22. The van der Waals surface area contributed by atoms with Crippen LogP contribution in [0.1, 0.15) is 116 Å². The summed E-state index contributed by atoms with van der Waals surface area (Å²) >= 11 is 0. The number of rotatable bonds is 21. The van der Waals surface area contributed by atoms with Gasteiger partial charge in [-0.2, -0.15) is 0 Å². The summed E-state index contributed by atoms with van der Waals surface area (Å²) < 4.78 is 6.38. The zero-order valence-corrected chi connectivity index (χ0v) is 21.0. The summed E-state index contributed by atoms with van der Waals surface area (Å²) in [5.74, 6) is -0.663. The minimum Gasteiger partial charge on any atom is -0.481 e. The summed E-state index contributed by atoms with van der Waals surface area (Å²) in [4.78, 5) is 10.5. The summed E-state index contributed by atoms with van der Waals surface area (Å²) in [5.41, 5.74) is 0. The molecule has 3 nitrogen and oxygen atoms in total. The molecule has 0 aromatic carbocycles. The average molecular weight is 427 g/mol. The SMILES string of the molecule is CCCCCCCC(/C=C/CCCCCCCCCCCC(=O)O)O[Si](C)(C)C. The fourth-order valence-electron chi connectivity index (χ4n) is 3.62. The molecular formula is C25H50O3Si. The molecule has 0 aliphatic carbocycles. The van der Waals surface area contributed by atoms with Crippen molar-refractivity contribution in [1.82, 2.24) is 0 Å². The zero-order valence-electron chi connectivity index (χ0n) is 20.0. The lowest BCUT2D eigenvalue weighted by Gasteiger charge is -2.24. The van der Waals surface area contributed by atoms with E-state index in [0.717, 1.165) is 12.8 Å². The lowest BCUT2D eigenvalue weighted by Crippen LogP contribution is -2.31. The lowest BCUT2D eigenvalue weighted by atomic mass is 10.0. The lowest BCUT2D eigenvalue weighted by molar-refractivity contribution is -0.137. The molecule has 0 saturated heterocycles. The van der Waals surface area contributed by atoms with Gasteiger partial charge in [0.15, 0.2) is 8.32 Å². The third-order valence-electron chi connectivity index (χ3n) is 5.21. The van der Waals surface area contributed by atoms with Crippen LogP contribution in [0.5, 0.6) is 0 Å².